The Labute approximate surface area is 157 Å². The highest BCUT2D eigenvalue weighted by Gasteiger charge is 2.19. The second-order valence-electron chi connectivity index (χ2n) is 6.33. The first-order chi connectivity index (χ1) is 13.3. The summed E-state index contributed by atoms with van der Waals surface area (Å²) in [4.78, 5) is 16.7. The molecule has 4 aromatic rings. The van der Waals surface area contributed by atoms with Crippen molar-refractivity contribution in [2.24, 2.45) is 0 Å². The fourth-order valence-electron chi connectivity index (χ4n) is 3.20. The fraction of sp³-hybridized carbons (Fsp3) is 0.0870. The number of aromatic nitrogens is 3. The van der Waals surface area contributed by atoms with Crippen LogP contribution in [-0.4, -0.2) is 14.8 Å². The summed E-state index contributed by atoms with van der Waals surface area (Å²) in [5.41, 5.74) is 3.78. The highest BCUT2D eigenvalue weighted by atomic mass is 16.1. The second-order valence-corrected chi connectivity index (χ2v) is 6.33. The van der Waals surface area contributed by atoms with Crippen LogP contribution in [0.25, 0.3) is 0 Å². The van der Waals surface area contributed by atoms with Crippen molar-refractivity contribution in [2.75, 3.05) is 0 Å². The first kappa shape index (κ1) is 16.9. The van der Waals surface area contributed by atoms with E-state index in [0.717, 1.165) is 22.5 Å². The van der Waals surface area contributed by atoms with E-state index in [-0.39, 0.29) is 11.5 Å². The molecule has 0 amide bonds. The van der Waals surface area contributed by atoms with Gasteiger partial charge in [0.05, 0.1) is 23.9 Å². The summed E-state index contributed by atoms with van der Waals surface area (Å²) in [6.07, 6.45) is 1.72. The lowest BCUT2D eigenvalue weighted by atomic mass is 9.88. The number of pyridine rings is 1. The number of hydrogen-bond acceptors (Lipinski definition) is 3. The average Bonchev–Trinajstić information content (AvgIpc) is 2.73. The fourth-order valence-corrected chi connectivity index (χ4v) is 3.20. The largest absolute Gasteiger partial charge is 0.268 e. The molecule has 0 bridgehead atoms. The van der Waals surface area contributed by atoms with Gasteiger partial charge >= 0.3 is 0 Å². The van der Waals surface area contributed by atoms with Crippen LogP contribution in [0.15, 0.2) is 102 Å². The van der Waals surface area contributed by atoms with Gasteiger partial charge in [0.2, 0.25) is 0 Å². The zero-order chi connectivity index (χ0) is 18.5. The molecule has 0 saturated heterocycles. The summed E-state index contributed by atoms with van der Waals surface area (Å²) < 4.78 is 1.48. The van der Waals surface area contributed by atoms with E-state index in [9.17, 15) is 4.79 Å². The van der Waals surface area contributed by atoms with E-state index in [1.54, 1.807) is 12.3 Å². The molecular formula is C23H19N3O. The minimum Gasteiger partial charge on any atom is -0.268 e. The molecule has 2 aromatic carbocycles. The summed E-state index contributed by atoms with van der Waals surface area (Å²) in [6.45, 7) is 0.351. The summed E-state index contributed by atoms with van der Waals surface area (Å²) in [5, 5.41) is 4.68. The Morgan fingerprint density at radius 2 is 1.37 bits per heavy atom. The lowest BCUT2D eigenvalue weighted by molar-refractivity contribution is 0.605. The molecule has 0 aliphatic rings. The van der Waals surface area contributed by atoms with Crippen LogP contribution in [0.4, 0.5) is 0 Å². The third-order valence-corrected chi connectivity index (χ3v) is 4.49. The number of nitrogens with zero attached hydrogens (tertiary/aromatic N) is 3. The number of rotatable bonds is 5. The Bertz CT molecular complexity index is 1020. The smallest absolute Gasteiger partial charge is 0.267 e. The van der Waals surface area contributed by atoms with E-state index in [1.807, 2.05) is 60.7 Å². The van der Waals surface area contributed by atoms with Crippen LogP contribution in [0.1, 0.15) is 28.4 Å². The standard InChI is InChI=1S/C23H19N3O/c27-22-15-14-21(25-26(22)17-20-13-7-8-16-24-20)23(18-9-3-1-4-10-18)19-11-5-2-6-12-19/h1-16,23H,17H2. The van der Waals surface area contributed by atoms with Gasteiger partial charge in [-0.3, -0.25) is 9.78 Å². The van der Waals surface area contributed by atoms with Crippen molar-refractivity contribution in [3.8, 4) is 0 Å². The van der Waals surface area contributed by atoms with Gasteiger partial charge < -0.3 is 0 Å². The highest BCUT2D eigenvalue weighted by Crippen LogP contribution is 2.29. The SMILES string of the molecule is O=c1ccc(C(c2ccccc2)c2ccccc2)nn1Cc1ccccn1. The van der Waals surface area contributed by atoms with E-state index in [0.29, 0.717) is 6.54 Å². The summed E-state index contributed by atoms with van der Waals surface area (Å²) in [5.74, 6) is -0.0389. The Morgan fingerprint density at radius 1 is 0.741 bits per heavy atom. The van der Waals surface area contributed by atoms with E-state index < -0.39 is 0 Å². The third-order valence-electron chi connectivity index (χ3n) is 4.49. The molecule has 0 aliphatic heterocycles. The van der Waals surface area contributed by atoms with Gasteiger partial charge in [-0.05, 0) is 29.3 Å². The Morgan fingerprint density at radius 3 is 1.96 bits per heavy atom. The van der Waals surface area contributed by atoms with Crippen molar-refractivity contribution in [3.05, 3.63) is 130 Å². The van der Waals surface area contributed by atoms with Crippen molar-refractivity contribution in [1.82, 2.24) is 14.8 Å². The van der Waals surface area contributed by atoms with Gasteiger partial charge in [-0.2, -0.15) is 5.10 Å². The quantitative estimate of drug-likeness (QED) is 0.547. The molecule has 0 radical (unpaired) electrons. The molecule has 0 saturated carbocycles. The molecule has 4 heteroatoms. The predicted octanol–water partition coefficient (Wildman–Crippen LogP) is 3.87. The number of benzene rings is 2. The first-order valence-electron chi connectivity index (χ1n) is 8.89. The number of hydrogen-bond donors (Lipinski definition) is 0. The molecule has 2 heterocycles. The molecule has 27 heavy (non-hydrogen) atoms. The van der Waals surface area contributed by atoms with E-state index in [4.69, 9.17) is 0 Å². The highest BCUT2D eigenvalue weighted by molar-refractivity contribution is 5.39. The summed E-state index contributed by atoms with van der Waals surface area (Å²) >= 11 is 0. The summed E-state index contributed by atoms with van der Waals surface area (Å²) in [6, 6.07) is 29.5. The van der Waals surface area contributed by atoms with Gasteiger partial charge in [0.25, 0.3) is 5.56 Å². The molecule has 0 unspecified atom stereocenters. The van der Waals surface area contributed by atoms with Gasteiger partial charge in [-0.15, -0.1) is 0 Å². The van der Waals surface area contributed by atoms with Crippen LogP contribution in [-0.2, 0) is 6.54 Å². The van der Waals surface area contributed by atoms with Gasteiger partial charge in [0.15, 0.2) is 0 Å². The molecule has 0 fully saturated rings. The van der Waals surface area contributed by atoms with E-state index >= 15 is 0 Å². The van der Waals surface area contributed by atoms with Crippen LogP contribution in [0.2, 0.25) is 0 Å². The van der Waals surface area contributed by atoms with Crippen molar-refractivity contribution < 1.29 is 0 Å². The van der Waals surface area contributed by atoms with Gasteiger partial charge in [-0.25, -0.2) is 4.68 Å². The van der Waals surface area contributed by atoms with Crippen molar-refractivity contribution in [2.45, 2.75) is 12.5 Å². The van der Waals surface area contributed by atoms with Crippen LogP contribution in [0.5, 0.6) is 0 Å². The zero-order valence-electron chi connectivity index (χ0n) is 14.8. The third kappa shape index (κ3) is 3.85. The Balaban J connectivity index is 1.79. The molecule has 0 aliphatic carbocycles. The Kier molecular flexibility index (Phi) is 4.88. The molecule has 0 N–H and O–H groups in total. The van der Waals surface area contributed by atoms with Crippen LogP contribution >= 0.6 is 0 Å². The van der Waals surface area contributed by atoms with Gasteiger partial charge in [0.1, 0.15) is 0 Å². The molecular weight excluding hydrogens is 334 g/mol. The lowest BCUT2D eigenvalue weighted by Crippen LogP contribution is -2.25. The zero-order valence-corrected chi connectivity index (χ0v) is 14.8. The van der Waals surface area contributed by atoms with Crippen molar-refractivity contribution in [3.63, 3.8) is 0 Å². The van der Waals surface area contributed by atoms with Crippen molar-refractivity contribution >= 4 is 0 Å². The molecule has 4 nitrogen and oxygen atoms in total. The van der Waals surface area contributed by atoms with Crippen molar-refractivity contribution in [1.29, 1.82) is 0 Å². The summed E-state index contributed by atoms with van der Waals surface area (Å²) in [7, 11) is 0. The molecule has 2 aromatic heterocycles. The van der Waals surface area contributed by atoms with E-state index in [1.165, 1.54) is 4.68 Å². The predicted molar refractivity (Wildman–Crippen MR) is 106 cm³/mol. The monoisotopic (exact) mass is 353 g/mol. The minimum absolute atomic E-state index is 0.0389. The maximum Gasteiger partial charge on any atom is 0.267 e. The normalized spacial score (nSPS) is 10.9. The molecule has 0 spiro atoms. The van der Waals surface area contributed by atoms with Crippen LogP contribution < -0.4 is 5.56 Å². The van der Waals surface area contributed by atoms with Gasteiger partial charge in [-0.1, -0.05) is 66.7 Å². The molecule has 0 atom stereocenters. The average molecular weight is 353 g/mol. The maximum atomic E-state index is 12.3. The second kappa shape index (κ2) is 7.79. The minimum atomic E-state index is -0.135. The maximum absolute atomic E-state index is 12.3. The topological polar surface area (TPSA) is 47.8 Å². The molecule has 132 valence electrons. The van der Waals surface area contributed by atoms with E-state index in [2.05, 4.69) is 34.3 Å². The first-order valence-corrected chi connectivity index (χ1v) is 8.89. The van der Waals surface area contributed by atoms with Crippen LogP contribution in [0, 0.1) is 0 Å². The van der Waals surface area contributed by atoms with Crippen LogP contribution in [0.3, 0.4) is 0 Å². The molecule has 4 rings (SSSR count). The lowest BCUT2D eigenvalue weighted by Gasteiger charge is -2.18. The Hall–Kier alpha value is -3.53. The van der Waals surface area contributed by atoms with Gasteiger partial charge in [0, 0.05) is 12.3 Å².